The molecule has 0 saturated carbocycles. The number of hydrogen-bond donors (Lipinski definition) is 1. The van der Waals surface area contributed by atoms with Gasteiger partial charge >= 0.3 is 0 Å². The minimum absolute atomic E-state index is 0.0540. The highest BCUT2D eigenvalue weighted by Gasteiger charge is 2.40. The van der Waals surface area contributed by atoms with Gasteiger partial charge in [-0.25, -0.2) is 0 Å². The van der Waals surface area contributed by atoms with Gasteiger partial charge in [0.15, 0.2) is 17.7 Å². The van der Waals surface area contributed by atoms with Gasteiger partial charge in [-0.05, 0) is 26.0 Å². The van der Waals surface area contributed by atoms with Gasteiger partial charge in [0, 0.05) is 6.20 Å². The summed E-state index contributed by atoms with van der Waals surface area (Å²) in [7, 11) is 0. The summed E-state index contributed by atoms with van der Waals surface area (Å²) in [6, 6.07) is 5.15. The summed E-state index contributed by atoms with van der Waals surface area (Å²) in [6.45, 7) is 3.36. The Kier molecular flexibility index (Phi) is 3.24. The van der Waals surface area contributed by atoms with Crippen molar-refractivity contribution < 1.29 is 19.4 Å². The number of pyridine rings is 1. The molecular formula is C12H15NO4. The van der Waals surface area contributed by atoms with Crippen molar-refractivity contribution in [2.75, 3.05) is 6.61 Å². The lowest BCUT2D eigenvalue weighted by molar-refractivity contribution is -0.271. The summed E-state index contributed by atoms with van der Waals surface area (Å²) < 4.78 is 10.6. The molecule has 17 heavy (non-hydrogen) atoms. The first-order chi connectivity index (χ1) is 7.99. The summed E-state index contributed by atoms with van der Waals surface area (Å²) in [5.41, 5.74) is 0.420. The Labute approximate surface area is 99.4 Å². The third-order valence-corrected chi connectivity index (χ3v) is 2.57. The van der Waals surface area contributed by atoms with Gasteiger partial charge in [-0.1, -0.05) is 6.07 Å². The van der Waals surface area contributed by atoms with E-state index in [9.17, 15) is 9.90 Å². The average Bonchev–Trinajstić information content (AvgIpc) is 2.33. The zero-order chi connectivity index (χ0) is 12.5. The van der Waals surface area contributed by atoms with E-state index in [1.807, 2.05) is 0 Å². The maximum absolute atomic E-state index is 11.7. The Hall–Kier alpha value is -1.30. The van der Waals surface area contributed by atoms with Gasteiger partial charge < -0.3 is 14.6 Å². The lowest BCUT2D eigenvalue weighted by Gasteiger charge is -2.36. The van der Waals surface area contributed by atoms with Crippen LogP contribution in [0.2, 0.25) is 0 Å². The summed E-state index contributed by atoms with van der Waals surface area (Å²) in [5.74, 6) is -1.14. The number of nitrogens with zero attached hydrogens (tertiary/aromatic N) is 1. The van der Waals surface area contributed by atoms with E-state index in [1.165, 1.54) is 0 Å². The van der Waals surface area contributed by atoms with Gasteiger partial charge in [-0.15, -0.1) is 0 Å². The highest BCUT2D eigenvalue weighted by atomic mass is 16.7. The molecule has 1 aromatic heterocycles. The molecule has 2 atom stereocenters. The van der Waals surface area contributed by atoms with Crippen molar-refractivity contribution >= 4 is 5.78 Å². The van der Waals surface area contributed by atoms with E-state index in [4.69, 9.17) is 9.47 Å². The van der Waals surface area contributed by atoms with Crippen molar-refractivity contribution in [2.24, 2.45) is 0 Å². The summed E-state index contributed by atoms with van der Waals surface area (Å²) >= 11 is 0. The lowest BCUT2D eigenvalue weighted by Crippen LogP contribution is -2.48. The summed E-state index contributed by atoms with van der Waals surface area (Å²) in [4.78, 5) is 15.7. The molecule has 5 nitrogen and oxygen atoms in total. The van der Waals surface area contributed by atoms with Crippen LogP contribution in [0.3, 0.4) is 0 Å². The van der Waals surface area contributed by atoms with Gasteiger partial charge in [-0.2, -0.15) is 0 Å². The molecule has 5 heteroatoms. The Morgan fingerprint density at radius 1 is 1.53 bits per heavy atom. The fraction of sp³-hybridized carbons (Fsp3) is 0.500. The van der Waals surface area contributed by atoms with Crippen molar-refractivity contribution in [1.29, 1.82) is 0 Å². The number of hydrogen-bond acceptors (Lipinski definition) is 5. The van der Waals surface area contributed by atoms with Gasteiger partial charge in [0.2, 0.25) is 0 Å². The second-order valence-electron chi connectivity index (χ2n) is 4.39. The number of carbonyl (C=O) groups excluding carboxylic acids is 1. The summed E-state index contributed by atoms with van der Waals surface area (Å²) in [6.07, 6.45) is -0.423. The third kappa shape index (κ3) is 2.69. The van der Waals surface area contributed by atoms with Crippen molar-refractivity contribution in [3.63, 3.8) is 0 Å². The standard InChI is InChI=1S/C12H15NO4/c1-12(2)16-7-9(14)11(17-12)10(15)8-5-3-4-6-13-8/h3-6,10-11,15H,7H2,1-2H3/t10-,11+/m0/s1. The van der Waals surface area contributed by atoms with E-state index in [2.05, 4.69) is 4.98 Å². The normalized spacial score (nSPS) is 25.6. The molecule has 1 saturated heterocycles. The third-order valence-electron chi connectivity index (χ3n) is 2.57. The van der Waals surface area contributed by atoms with E-state index < -0.39 is 18.0 Å². The highest BCUT2D eigenvalue weighted by molar-refractivity contribution is 5.85. The van der Waals surface area contributed by atoms with Crippen LogP contribution in [0.25, 0.3) is 0 Å². The van der Waals surface area contributed by atoms with Crippen LogP contribution in [0.4, 0.5) is 0 Å². The van der Waals surface area contributed by atoms with E-state index in [0.717, 1.165) is 0 Å². The Balaban J connectivity index is 2.18. The number of rotatable bonds is 2. The molecule has 0 aromatic carbocycles. The molecule has 2 rings (SSSR count). The lowest BCUT2D eigenvalue weighted by atomic mass is 10.0. The molecule has 1 aliphatic heterocycles. The zero-order valence-corrected chi connectivity index (χ0v) is 9.79. The Morgan fingerprint density at radius 2 is 2.29 bits per heavy atom. The number of aromatic nitrogens is 1. The quantitative estimate of drug-likeness (QED) is 0.825. The number of Topliss-reactive ketones (excluding diaryl/α,β-unsaturated/α-hetero) is 1. The molecule has 0 unspecified atom stereocenters. The first kappa shape index (κ1) is 12.2. The average molecular weight is 237 g/mol. The first-order valence-electron chi connectivity index (χ1n) is 5.43. The Bertz CT molecular complexity index is 404. The molecule has 2 heterocycles. The van der Waals surface area contributed by atoms with E-state index in [0.29, 0.717) is 5.69 Å². The van der Waals surface area contributed by atoms with Gasteiger partial charge in [0.1, 0.15) is 12.7 Å². The molecule has 1 fully saturated rings. The minimum Gasteiger partial charge on any atom is -0.384 e. The molecule has 0 spiro atoms. The Morgan fingerprint density at radius 3 is 2.94 bits per heavy atom. The van der Waals surface area contributed by atoms with Crippen LogP contribution in [-0.4, -0.2) is 34.4 Å². The number of ketones is 1. The fourth-order valence-electron chi connectivity index (χ4n) is 1.68. The van der Waals surface area contributed by atoms with E-state index in [1.54, 1.807) is 38.2 Å². The van der Waals surface area contributed by atoms with Gasteiger partial charge in [0.05, 0.1) is 5.69 Å². The van der Waals surface area contributed by atoms with Crippen LogP contribution >= 0.6 is 0 Å². The molecule has 92 valence electrons. The minimum atomic E-state index is -1.06. The molecule has 1 aromatic rings. The highest BCUT2D eigenvalue weighted by Crippen LogP contribution is 2.27. The molecule has 0 amide bonds. The maximum Gasteiger partial charge on any atom is 0.190 e. The van der Waals surface area contributed by atoms with Crippen LogP contribution in [0.15, 0.2) is 24.4 Å². The number of aliphatic hydroxyl groups excluding tert-OH is 1. The predicted octanol–water partition coefficient (Wildman–Crippen LogP) is 0.836. The second-order valence-corrected chi connectivity index (χ2v) is 4.39. The molecule has 0 bridgehead atoms. The molecular weight excluding hydrogens is 222 g/mol. The monoisotopic (exact) mass is 237 g/mol. The van der Waals surface area contributed by atoms with Crippen molar-refractivity contribution in [2.45, 2.75) is 31.8 Å². The van der Waals surface area contributed by atoms with Crippen LogP contribution in [0.1, 0.15) is 25.6 Å². The molecule has 1 aliphatic rings. The SMILES string of the molecule is CC1(C)OCC(=O)[C@H]([C@@H](O)c2ccccn2)O1. The van der Waals surface area contributed by atoms with E-state index in [-0.39, 0.29) is 12.4 Å². The zero-order valence-electron chi connectivity index (χ0n) is 9.79. The predicted molar refractivity (Wildman–Crippen MR) is 59.1 cm³/mol. The van der Waals surface area contributed by atoms with Gasteiger partial charge in [-0.3, -0.25) is 9.78 Å². The number of aliphatic hydroxyl groups is 1. The van der Waals surface area contributed by atoms with Crippen LogP contribution < -0.4 is 0 Å². The van der Waals surface area contributed by atoms with Crippen LogP contribution in [0.5, 0.6) is 0 Å². The van der Waals surface area contributed by atoms with Crippen molar-refractivity contribution in [3.05, 3.63) is 30.1 Å². The number of ether oxygens (including phenoxy) is 2. The first-order valence-corrected chi connectivity index (χ1v) is 5.43. The topological polar surface area (TPSA) is 68.7 Å². The van der Waals surface area contributed by atoms with Crippen molar-refractivity contribution in [3.8, 4) is 0 Å². The van der Waals surface area contributed by atoms with Crippen LogP contribution in [-0.2, 0) is 14.3 Å². The number of carbonyl (C=O) groups is 1. The summed E-state index contributed by atoms with van der Waals surface area (Å²) in [5, 5.41) is 10.1. The van der Waals surface area contributed by atoms with Crippen molar-refractivity contribution in [1.82, 2.24) is 4.98 Å². The van der Waals surface area contributed by atoms with Gasteiger partial charge in [0.25, 0.3) is 0 Å². The largest absolute Gasteiger partial charge is 0.384 e. The van der Waals surface area contributed by atoms with Crippen LogP contribution in [0, 0.1) is 0 Å². The second kappa shape index (κ2) is 4.52. The van der Waals surface area contributed by atoms with E-state index >= 15 is 0 Å². The smallest absolute Gasteiger partial charge is 0.190 e. The maximum atomic E-state index is 11.7. The fourth-order valence-corrected chi connectivity index (χ4v) is 1.68. The molecule has 0 aliphatic carbocycles. The molecule has 0 radical (unpaired) electrons. The molecule has 1 N–H and O–H groups in total.